The Balaban J connectivity index is 1.43. The van der Waals surface area contributed by atoms with Crippen LogP contribution in [0, 0.1) is 42.4 Å². The van der Waals surface area contributed by atoms with E-state index in [1.807, 2.05) is 19.9 Å². The minimum absolute atomic E-state index is 0.117. The van der Waals surface area contributed by atoms with E-state index in [1.165, 1.54) is 31.2 Å². The summed E-state index contributed by atoms with van der Waals surface area (Å²) in [5.74, 6) is 2.81. The molecule has 2 N–H and O–H groups in total. The number of fused-ring (bicyclic) bond motifs is 2. The van der Waals surface area contributed by atoms with Crippen LogP contribution in [-0.4, -0.2) is 28.4 Å². The molecule has 4 heteroatoms. The van der Waals surface area contributed by atoms with E-state index in [9.17, 15) is 19.8 Å². The molecule has 3 saturated carbocycles. The first-order valence-corrected chi connectivity index (χ1v) is 12.3. The monoisotopic (exact) mass is 436 g/mol. The Morgan fingerprint density at radius 3 is 2.34 bits per heavy atom. The lowest BCUT2D eigenvalue weighted by Gasteiger charge is -2.43. The van der Waals surface area contributed by atoms with Crippen LogP contribution in [0.25, 0.3) is 0 Å². The maximum atomic E-state index is 11.7. The van der Waals surface area contributed by atoms with Gasteiger partial charge < -0.3 is 15.0 Å². The summed E-state index contributed by atoms with van der Waals surface area (Å²) in [6.07, 6.45) is 12.0. The Hall–Kier alpha value is -1.94. The molecule has 4 aliphatic rings. The number of carbonyl (C=O) groups excluding carboxylic acids is 2. The van der Waals surface area contributed by atoms with E-state index in [0.29, 0.717) is 29.2 Å². The summed E-state index contributed by atoms with van der Waals surface area (Å²) >= 11 is 0. The van der Waals surface area contributed by atoms with Gasteiger partial charge in [-0.15, -0.1) is 0 Å². The van der Waals surface area contributed by atoms with Gasteiger partial charge in [0.15, 0.2) is 6.29 Å². The molecule has 172 valence electrons. The molecule has 1 aromatic rings. The summed E-state index contributed by atoms with van der Waals surface area (Å²) in [7, 11) is 0. The van der Waals surface area contributed by atoms with E-state index in [0.717, 1.165) is 48.9 Å². The summed E-state index contributed by atoms with van der Waals surface area (Å²) in [4.78, 5) is 23.3. The third-order valence-electron chi connectivity index (χ3n) is 9.88. The standard InChI is InChI=1S/C28H36O4/c1-16-4-24(10-23(14-29)26(16)31)28-11-18-6-20(8-22(13-28)21(7-18)12-28)19-5-17(2)27(3,32)25(9-19)15-30/h4-5,10,14-15,18-22,25,31-32H,6-9,11-13H2,1-3H3. The Bertz CT molecular complexity index is 972. The van der Waals surface area contributed by atoms with Crippen LogP contribution in [0.5, 0.6) is 5.75 Å². The minimum atomic E-state index is -1.02. The molecule has 1 aromatic carbocycles. The topological polar surface area (TPSA) is 74.6 Å². The molecule has 3 bridgehead atoms. The molecule has 0 heterocycles. The summed E-state index contributed by atoms with van der Waals surface area (Å²) in [6, 6.07) is 4.06. The van der Waals surface area contributed by atoms with Crippen molar-refractivity contribution in [3.05, 3.63) is 40.5 Å². The molecule has 5 rings (SSSR count). The average Bonchev–Trinajstić information content (AvgIpc) is 2.93. The lowest BCUT2D eigenvalue weighted by molar-refractivity contribution is -0.118. The van der Waals surface area contributed by atoms with Gasteiger partial charge >= 0.3 is 0 Å². The number of phenolic OH excluding ortho intramolecular Hbond substituents is 1. The number of aliphatic hydroxyl groups is 1. The van der Waals surface area contributed by atoms with E-state index >= 15 is 0 Å². The van der Waals surface area contributed by atoms with Gasteiger partial charge in [0, 0.05) is 5.92 Å². The number of hydrogen-bond donors (Lipinski definition) is 2. The first-order chi connectivity index (χ1) is 15.2. The predicted molar refractivity (Wildman–Crippen MR) is 124 cm³/mol. The van der Waals surface area contributed by atoms with Crippen molar-refractivity contribution in [1.29, 1.82) is 0 Å². The number of rotatable bonds is 4. The third kappa shape index (κ3) is 3.29. The highest BCUT2D eigenvalue weighted by atomic mass is 16.3. The third-order valence-corrected chi connectivity index (χ3v) is 9.88. The minimum Gasteiger partial charge on any atom is -0.507 e. The lowest BCUT2D eigenvalue weighted by Crippen LogP contribution is -2.42. The number of allylic oxidation sites excluding steroid dienone is 1. The maximum absolute atomic E-state index is 11.7. The number of aromatic hydroxyl groups is 1. The zero-order chi connectivity index (χ0) is 22.8. The SMILES string of the molecule is CC1=CC(C2CC3CC4CC(c5cc(C)c(O)c(C=O)c5)(C3)CC4C2)CC(C=O)C1(C)O. The fourth-order valence-corrected chi connectivity index (χ4v) is 8.09. The van der Waals surface area contributed by atoms with Gasteiger partial charge in [0.1, 0.15) is 12.0 Å². The molecule has 4 aliphatic carbocycles. The second-order valence-electron chi connectivity index (χ2n) is 11.7. The zero-order valence-corrected chi connectivity index (χ0v) is 19.5. The Morgan fingerprint density at radius 2 is 1.66 bits per heavy atom. The van der Waals surface area contributed by atoms with Crippen LogP contribution in [0.1, 0.15) is 80.3 Å². The number of carbonyl (C=O) groups is 2. The molecule has 0 radical (unpaired) electrons. The largest absolute Gasteiger partial charge is 0.507 e. The molecule has 32 heavy (non-hydrogen) atoms. The van der Waals surface area contributed by atoms with Gasteiger partial charge in [-0.25, -0.2) is 0 Å². The summed E-state index contributed by atoms with van der Waals surface area (Å²) < 4.78 is 0. The number of benzene rings is 1. The second-order valence-corrected chi connectivity index (χ2v) is 11.7. The Kier molecular flexibility index (Phi) is 5.16. The van der Waals surface area contributed by atoms with Crippen molar-refractivity contribution >= 4 is 12.6 Å². The van der Waals surface area contributed by atoms with Gasteiger partial charge in [-0.3, -0.25) is 4.79 Å². The van der Waals surface area contributed by atoms with Gasteiger partial charge in [0.05, 0.1) is 11.2 Å². The van der Waals surface area contributed by atoms with Crippen molar-refractivity contribution in [2.24, 2.45) is 35.5 Å². The van der Waals surface area contributed by atoms with E-state index in [1.54, 1.807) is 6.92 Å². The predicted octanol–water partition coefficient (Wildman–Crippen LogP) is 5.13. The van der Waals surface area contributed by atoms with E-state index in [2.05, 4.69) is 12.1 Å². The van der Waals surface area contributed by atoms with Gasteiger partial charge in [0.2, 0.25) is 0 Å². The van der Waals surface area contributed by atoms with Crippen molar-refractivity contribution in [3.63, 3.8) is 0 Å². The van der Waals surface area contributed by atoms with Crippen LogP contribution >= 0.6 is 0 Å². The van der Waals surface area contributed by atoms with Gasteiger partial charge in [0.25, 0.3) is 0 Å². The van der Waals surface area contributed by atoms with Crippen LogP contribution in [0.15, 0.2) is 23.8 Å². The number of phenols is 1. The highest BCUT2D eigenvalue weighted by Crippen LogP contribution is 2.63. The first kappa shape index (κ1) is 21.9. The molecule has 0 aromatic heterocycles. The molecule has 0 spiro atoms. The van der Waals surface area contributed by atoms with Crippen molar-refractivity contribution in [3.8, 4) is 5.75 Å². The zero-order valence-electron chi connectivity index (χ0n) is 19.5. The van der Waals surface area contributed by atoms with Crippen molar-refractivity contribution in [2.45, 2.75) is 76.7 Å². The highest BCUT2D eigenvalue weighted by molar-refractivity contribution is 5.80. The van der Waals surface area contributed by atoms with Crippen molar-refractivity contribution in [1.82, 2.24) is 0 Å². The lowest BCUT2D eigenvalue weighted by atomic mass is 9.62. The van der Waals surface area contributed by atoms with Gasteiger partial charge in [-0.05, 0) is 123 Å². The van der Waals surface area contributed by atoms with Crippen LogP contribution in [0.3, 0.4) is 0 Å². The maximum Gasteiger partial charge on any atom is 0.153 e. The summed E-state index contributed by atoms with van der Waals surface area (Å²) in [5.41, 5.74) is 2.52. The van der Waals surface area contributed by atoms with Crippen LogP contribution in [0.2, 0.25) is 0 Å². The molecular formula is C28H36O4. The van der Waals surface area contributed by atoms with Crippen molar-refractivity contribution in [2.75, 3.05) is 0 Å². The summed E-state index contributed by atoms with van der Waals surface area (Å²) in [6.45, 7) is 5.65. The van der Waals surface area contributed by atoms with Gasteiger partial charge in [-0.2, -0.15) is 0 Å². The number of aryl methyl sites for hydroxylation is 1. The van der Waals surface area contributed by atoms with Gasteiger partial charge in [-0.1, -0.05) is 12.1 Å². The molecule has 0 aliphatic heterocycles. The highest BCUT2D eigenvalue weighted by Gasteiger charge is 2.54. The fourth-order valence-electron chi connectivity index (χ4n) is 8.09. The Labute approximate surface area is 191 Å². The molecule has 0 saturated heterocycles. The molecular weight excluding hydrogens is 400 g/mol. The van der Waals surface area contributed by atoms with Crippen LogP contribution < -0.4 is 0 Å². The van der Waals surface area contributed by atoms with Crippen LogP contribution in [-0.2, 0) is 10.2 Å². The Morgan fingerprint density at radius 1 is 0.969 bits per heavy atom. The molecule has 8 unspecified atom stereocenters. The molecule has 3 fully saturated rings. The molecule has 8 atom stereocenters. The summed E-state index contributed by atoms with van der Waals surface area (Å²) in [5, 5.41) is 21.0. The first-order valence-electron chi connectivity index (χ1n) is 12.3. The van der Waals surface area contributed by atoms with E-state index in [-0.39, 0.29) is 17.1 Å². The number of hydrogen-bond acceptors (Lipinski definition) is 4. The smallest absolute Gasteiger partial charge is 0.153 e. The van der Waals surface area contributed by atoms with E-state index < -0.39 is 5.60 Å². The quantitative estimate of drug-likeness (QED) is 0.507. The van der Waals surface area contributed by atoms with Crippen molar-refractivity contribution < 1.29 is 19.8 Å². The molecule has 4 nitrogen and oxygen atoms in total. The fraction of sp³-hybridized carbons (Fsp3) is 0.643. The normalized spacial score (nSPS) is 42.9. The average molecular weight is 437 g/mol. The van der Waals surface area contributed by atoms with E-state index in [4.69, 9.17) is 0 Å². The van der Waals surface area contributed by atoms with Crippen LogP contribution in [0.4, 0.5) is 0 Å². The molecule has 0 amide bonds. The number of aldehydes is 2. The second kappa shape index (κ2) is 7.55.